The van der Waals surface area contributed by atoms with E-state index in [0.29, 0.717) is 5.82 Å². The fourth-order valence-electron chi connectivity index (χ4n) is 1.89. The van der Waals surface area contributed by atoms with Crippen molar-refractivity contribution in [1.82, 2.24) is 10.3 Å². The first kappa shape index (κ1) is 11.9. The van der Waals surface area contributed by atoms with Crippen LogP contribution >= 0.6 is 0 Å². The summed E-state index contributed by atoms with van der Waals surface area (Å²) in [6.45, 7) is 2.74. The Hall–Kier alpha value is -1.62. The van der Waals surface area contributed by atoms with Crippen LogP contribution in [0.5, 0.6) is 0 Å². The second kappa shape index (κ2) is 5.63. The van der Waals surface area contributed by atoms with Gasteiger partial charge in [-0.2, -0.15) is 0 Å². The third-order valence-electron chi connectivity index (χ3n) is 2.79. The van der Waals surface area contributed by atoms with Crippen LogP contribution in [0.15, 0.2) is 24.4 Å². The highest BCUT2D eigenvalue weighted by Gasteiger charge is 2.23. The van der Waals surface area contributed by atoms with E-state index in [1.54, 1.807) is 18.3 Å². The number of carbonyl (C=O) groups is 1. The van der Waals surface area contributed by atoms with E-state index in [-0.39, 0.29) is 18.2 Å². The largest absolute Gasteiger partial charge is 0.376 e. The first-order valence-corrected chi connectivity index (χ1v) is 5.86. The molecule has 0 aliphatic carbocycles. The van der Waals surface area contributed by atoms with Gasteiger partial charge >= 0.3 is 6.03 Å². The van der Waals surface area contributed by atoms with Gasteiger partial charge < -0.3 is 10.1 Å². The van der Waals surface area contributed by atoms with Crippen LogP contribution in [0.2, 0.25) is 0 Å². The third kappa shape index (κ3) is 3.42. The van der Waals surface area contributed by atoms with Crippen molar-refractivity contribution in [2.24, 2.45) is 0 Å². The molecule has 17 heavy (non-hydrogen) atoms. The lowest BCUT2D eigenvalue weighted by atomic mass is 10.1. The summed E-state index contributed by atoms with van der Waals surface area (Å²) in [5.74, 6) is 0.546. The molecule has 5 nitrogen and oxygen atoms in total. The molecule has 2 atom stereocenters. The second-order valence-electron chi connectivity index (χ2n) is 4.15. The molecule has 2 amide bonds. The number of hydrogen-bond donors (Lipinski definition) is 2. The van der Waals surface area contributed by atoms with E-state index in [4.69, 9.17) is 4.74 Å². The Morgan fingerprint density at radius 3 is 3.12 bits per heavy atom. The molecule has 5 heteroatoms. The van der Waals surface area contributed by atoms with Crippen molar-refractivity contribution in [3.8, 4) is 0 Å². The third-order valence-corrected chi connectivity index (χ3v) is 2.79. The van der Waals surface area contributed by atoms with Crippen LogP contribution in [0.1, 0.15) is 19.8 Å². The molecule has 1 fully saturated rings. The maximum absolute atomic E-state index is 11.7. The molecule has 0 unspecified atom stereocenters. The van der Waals surface area contributed by atoms with Crippen molar-refractivity contribution in [2.75, 3.05) is 11.9 Å². The number of rotatable bonds is 3. The van der Waals surface area contributed by atoms with Gasteiger partial charge in [-0.25, -0.2) is 9.78 Å². The minimum absolute atomic E-state index is 0.0150. The number of nitrogens with zero attached hydrogens (tertiary/aromatic N) is 1. The minimum atomic E-state index is -0.244. The monoisotopic (exact) mass is 235 g/mol. The van der Waals surface area contributed by atoms with Gasteiger partial charge in [0.15, 0.2) is 0 Å². The molecule has 92 valence electrons. The number of nitrogens with one attached hydrogen (secondary N) is 2. The SMILES string of the molecule is C[C@H](NC(=O)Nc1ccccn1)[C@H]1CCCO1. The molecular formula is C12H17N3O2. The van der Waals surface area contributed by atoms with Crippen molar-refractivity contribution in [3.05, 3.63) is 24.4 Å². The number of aromatic nitrogens is 1. The van der Waals surface area contributed by atoms with Crippen LogP contribution < -0.4 is 10.6 Å². The molecule has 0 aromatic carbocycles. The van der Waals surface area contributed by atoms with E-state index in [0.717, 1.165) is 19.4 Å². The van der Waals surface area contributed by atoms with Gasteiger partial charge in [-0.1, -0.05) is 6.07 Å². The second-order valence-corrected chi connectivity index (χ2v) is 4.15. The molecule has 1 saturated heterocycles. The Morgan fingerprint density at radius 2 is 2.47 bits per heavy atom. The first-order valence-electron chi connectivity index (χ1n) is 5.86. The summed E-state index contributed by atoms with van der Waals surface area (Å²) in [6.07, 6.45) is 3.84. The predicted octanol–water partition coefficient (Wildman–Crippen LogP) is 1.77. The maximum Gasteiger partial charge on any atom is 0.320 e. The van der Waals surface area contributed by atoms with E-state index < -0.39 is 0 Å². The standard InChI is InChI=1S/C12H17N3O2/c1-9(10-5-4-8-17-10)14-12(16)15-11-6-2-3-7-13-11/h2-3,6-7,9-10H,4-5,8H2,1H3,(H2,13,14,15,16)/t9-,10+/m0/s1. The van der Waals surface area contributed by atoms with Crippen molar-refractivity contribution >= 4 is 11.8 Å². The first-order chi connectivity index (χ1) is 8.25. The lowest BCUT2D eigenvalue weighted by Gasteiger charge is -2.19. The van der Waals surface area contributed by atoms with Crippen LogP contribution in [0.4, 0.5) is 10.6 Å². The average molecular weight is 235 g/mol. The highest BCUT2D eigenvalue weighted by atomic mass is 16.5. The van der Waals surface area contributed by atoms with Crippen LogP contribution in [-0.4, -0.2) is 29.8 Å². The average Bonchev–Trinajstić information content (AvgIpc) is 2.83. The van der Waals surface area contributed by atoms with Crippen molar-refractivity contribution in [2.45, 2.75) is 31.9 Å². The normalized spacial score (nSPS) is 20.9. The zero-order valence-electron chi connectivity index (χ0n) is 9.85. The van der Waals surface area contributed by atoms with E-state index in [1.807, 2.05) is 13.0 Å². The van der Waals surface area contributed by atoms with Gasteiger partial charge in [0.25, 0.3) is 0 Å². The van der Waals surface area contributed by atoms with Gasteiger partial charge in [-0.3, -0.25) is 5.32 Å². The molecular weight excluding hydrogens is 218 g/mol. The predicted molar refractivity (Wildman–Crippen MR) is 64.8 cm³/mol. The molecule has 1 aliphatic heterocycles. The summed E-state index contributed by atoms with van der Waals surface area (Å²) in [5.41, 5.74) is 0. The molecule has 0 bridgehead atoms. The summed E-state index contributed by atoms with van der Waals surface area (Å²) in [6, 6.07) is 5.15. The molecule has 2 heterocycles. The van der Waals surface area contributed by atoms with E-state index in [1.165, 1.54) is 0 Å². The Balaban J connectivity index is 1.80. The Morgan fingerprint density at radius 1 is 1.59 bits per heavy atom. The number of hydrogen-bond acceptors (Lipinski definition) is 3. The van der Waals surface area contributed by atoms with Crippen molar-refractivity contribution in [1.29, 1.82) is 0 Å². The van der Waals surface area contributed by atoms with E-state index in [2.05, 4.69) is 15.6 Å². The Kier molecular flexibility index (Phi) is 3.93. The number of ether oxygens (including phenoxy) is 1. The van der Waals surface area contributed by atoms with Crippen LogP contribution in [0, 0.1) is 0 Å². The fourth-order valence-corrected chi connectivity index (χ4v) is 1.89. The Labute approximate surface area is 101 Å². The summed E-state index contributed by atoms with van der Waals surface area (Å²) >= 11 is 0. The van der Waals surface area contributed by atoms with Gasteiger partial charge in [-0.15, -0.1) is 0 Å². The summed E-state index contributed by atoms with van der Waals surface area (Å²) < 4.78 is 5.51. The molecule has 1 aromatic rings. The highest BCUT2D eigenvalue weighted by molar-refractivity contribution is 5.88. The summed E-state index contributed by atoms with van der Waals surface area (Å²) in [4.78, 5) is 15.7. The quantitative estimate of drug-likeness (QED) is 0.839. The maximum atomic E-state index is 11.7. The van der Waals surface area contributed by atoms with Crippen molar-refractivity contribution < 1.29 is 9.53 Å². The van der Waals surface area contributed by atoms with Crippen molar-refractivity contribution in [3.63, 3.8) is 0 Å². The number of urea groups is 1. The molecule has 2 N–H and O–H groups in total. The lowest BCUT2D eigenvalue weighted by molar-refractivity contribution is 0.0868. The fraction of sp³-hybridized carbons (Fsp3) is 0.500. The zero-order valence-corrected chi connectivity index (χ0v) is 9.85. The van der Waals surface area contributed by atoms with Crippen LogP contribution in [0.25, 0.3) is 0 Å². The van der Waals surface area contributed by atoms with Crippen LogP contribution in [0.3, 0.4) is 0 Å². The topological polar surface area (TPSA) is 63.2 Å². The number of carbonyl (C=O) groups excluding carboxylic acids is 1. The summed E-state index contributed by atoms with van der Waals surface area (Å²) in [7, 11) is 0. The van der Waals surface area contributed by atoms with E-state index >= 15 is 0 Å². The van der Waals surface area contributed by atoms with Gasteiger partial charge in [0.1, 0.15) is 5.82 Å². The molecule has 0 spiro atoms. The molecule has 0 saturated carbocycles. The Bertz CT molecular complexity index is 363. The number of amides is 2. The van der Waals surface area contributed by atoms with Gasteiger partial charge in [0.05, 0.1) is 12.1 Å². The van der Waals surface area contributed by atoms with Gasteiger partial charge in [-0.05, 0) is 31.9 Å². The zero-order chi connectivity index (χ0) is 12.1. The summed E-state index contributed by atoms with van der Waals surface area (Å²) in [5, 5.41) is 5.53. The van der Waals surface area contributed by atoms with Gasteiger partial charge in [0.2, 0.25) is 0 Å². The molecule has 1 aliphatic rings. The smallest absolute Gasteiger partial charge is 0.320 e. The number of anilines is 1. The molecule has 1 aromatic heterocycles. The van der Waals surface area contributed by atoms with Gasteiger partial charge in [0, 0.05) is 12.8 Å². The van der Waals surface area contributed by atoms with E-state index in [9.17, 15) is 4.79 Å². The number of pyridine rings is 1. The molecule has 2 rings (SSSR count). The lowest BCUT2D eigenvalue weighted by Crippen LogP contribution is -2.43. The van der Waals surface area contributed by atoms with Crippen LogP contribution in [-0.2, 0) is 4.74 Å². The molecule has 0 radical (unpaired) electrons. The highest BCUT2D eigenvalue weighted by Crippen LogP contribution is 2.15. The minimum Gasteiger partial charge on any atom is -0.376 e.